The molecule has 3 heterocycles. The summed E-state index contributed by atoms with van der Waals surface area (Å²) in [7, 11) is -3.63. The average molecular weight is 422 g/mol. The smallest absolute Gasteiger partial charge is 0.228 e. The Labute approximate surface area is 171 Å². The number of carbonyl (C=O) groups excluding carboxylic acids is 1. The molecule has 0 spiro atoms. The molecule has 2 aromatic heterocycles. The first-order chi connectivity index (χ1) is 14.3. The van der Waals surface area contributed by atoms with Gasteiger partial charge in [-0.25, -0.2) is 22.8 Å². The minimum Gasteiger partial charge on any atom is -0.326 e. The molecule has 0 fully saturated rings. The molecule has 5 rings (SSSR count). The highest BCUT2D eigenvalue weighted by molar-refractivity contribution is 7.90. The quantitative estimate of drug-likeness (QED) is 0.548. The number of fused-ring (bicyclic) bond motifs is 2. The van der Waals surface area contributed by atoms with Gasteiger partial charge in [-0.2, -0.15) is 0 Å². The Balaban J connectivity index is 1.84. The standard InChI is InChI=1S/C21H15FN4O3S/c1-30(28,29)21-20-25-18(12-2-5-15(22)6-3-12)19(26(20)9-8-23-21)13-4-7-16-14(10-13)11-17(27)24-16/h2-10H,11H2,1H3,(H,24,27). The van der Waals surface area contributed by atoms with Crippen LogP contribution in [0.25, 0.3) is 28.2 Å². The van der Waals surface area contributed by atoms with Crippen LogP contribution in [0.1, 0.15) is 5.56 Å². The Hall–Kier alpha value is -3.59. The van der Waals surface area contributed by atoms with Crippen LogP contribution < -0.4 is 5.32 Å². The van der Waals surface area contributed by atoms with E-state index in [0.29, 0.717) is 17.0 Å². The van der Waals surface area contributed by atoms with E-state index in [1.165, 1.54) is 18.3 Å². The van der Waals surface area contributed by atoms with Crippen LogP contribution in [-0.2, 0) is 21.1 Å². The maximum Gasteiger partial charge on any atom is 0.228 e. The lowest BCUT2D eigenvalue weighted by atomic mass is 10.0. The Morgan fingerprint density at radius 2 is 1.83 bits per heavy atom. The van der Waals surface area contributed by atoms with E-state index >= 15 is 0 Å². The molecule has 150 valence electrons. The molecule has 0 atom stereocenters. The first-order valence-corrected chi connectivity index (χ1v) is 11.0. The first kappa shape index (κ1) is 18.4. The normalized spacial score (nSPS) is 13.5. The van der Waals surface area contributed by atoms with E-state index in [-0.39, 0.29) is 28.8 Å². The Morgan fingerprint density at radius 1 is 1.10 bits per heavy atom. The van der Waals surface area contributed by atoms with E-state index in [4.69, 9.17) is 0 Å². The fourth-order valence-electron chi connectivity index (χ4n) is 3.68. The third kappa shape index (κ3) is 2.94. The van der Waals surface area contributed by atoms with Crippen molar-refractivity contribution in [3.05, 3.63) is 66.2 Å². The van der Waals surface area contributed by atoms with Gasteiger partial charge in [-0.15, -0.1) is 0 Å². The fraction of sp³-hybridized carbons (Fsp3) is 0.0952. The monoisotopic (exact) mass is 422 g/mol. The van der Waals surface area contributed by atoms with Crippen LogP contribution in [0.4, 0.5) is 10.1 Å². The maximum absolute atomic E-state index is 13.5. The molecule has 1 N–H and O–H groups in total. The van der Waals surface area contributed by atoms with E-state index in [2.05, 4.69) is 15.3 Å². The van der Waals surface area contributed by atoms with Crippen molar-refractivity contribution in [3.63, 3.8) is 0 Å². The van der Waals surface area contributed by atoms with Gasteiger partial charge in [-0.1, -0.05) is 6.07 Å². The molecule has 1 amide bonds. The SMILES string of the molecule is CS(=O)(=O)c1nccn2c(-c3ccc4c(c3)CC(=O)N4)c(-c3ccc(F)cc3)nc12. The first-order valence-electron chi connectivity index (χ1n) is 9.07. The number of benzene rings is 2. The van der Waals surface area contributed by atoms with Crippen molar-refractivity contribution in [2.45, 2.75) is 11.4 Å². The highest BCUT2D eigenvalue weighted by Gasteiger charge is 2.24. The summed E-state index contributed by atoms with van der Waals surface area (Å²) in [5.74, 6) is -0.465. The zero-order chi connectivity index (χ0) is 21.0. The lowest BCUT2D eigenvalue weighted by Gasteiger charge is -2.08. The predicted octanol–water partition coefficient (Wildman–Crippen LogP) is 3.10. The molecule has 0 unspecified atom stereocenters. The Bertz CT molecular complexity index is 1440. The lowest BCUT2D eigenvalue weighted by Crippen LogP contribution is -2.04. The highest BCUT2D eigenvalue weighted by Crippen LogP contribution is 2.36. The molecular formula is C21H15FN4O3S. The van der Waals surface area contributed by atoms with E-state index in [1.807, 2.05) is 18.2 Å². The number of halogens is 1. The summed E-state index contributed by atoms with van der Waals surface area (Å²) in [6, 6.07) is 11.3. The number of hydrogen-bond acceptors (Lipinski definition) is 5. The summed E-state index contributed by atoms with van der Waals surface area (Å²) in [6.45, 7) is 0. The zero-order valence-electron chi connectivity index (χ0n) is 15.8. The van der Waals surface area contributed by atoms with Crippen LogP contribution in [0.5, 0.6) is 0 Å². The minimum atomic E-state index is -3.63. The topological polar surface area (TPSA) is 93.4 Å². The van der Waals surface area contributed by atoms with Crippen LogP contribution in [-0.4, -0.2) is 34.9 Å². The third-order valence-corrected chi connectivity index (χ3v) is 5.97. The summed E-state index contributed by atoms with van der Waals surface area (Å²) in [5, 5.41) is 2.66. The molecule has 0 radical (unpaired) electrons. The fourth-order valence-corrected chi connectivity index (χ4v) is 4.41. The summed E-state index contributed by atoms with van der Waals surface area (Å²) in [4.78, 5) is 20.3. The second kappa shape index (κ2) is 6.46. The summed E-state index contributed by atoms with van der Waals surface area (Å²) < 4.78 is 39.7. The molecule has 0 saturated heterocycles. The van der Waals surface area contributed by atoms with Crippen molar-refractivity contribution >= 4 is 27.1 Å². The van der Waals surface area contributed by atoms with Gasteiger partial charge in [0.1, 0.15) is 5.82 Å². The van der Waals surface area contributed by atoms with Crippen LogP contribution >= 0.6 is 0 Å². The highest BCUT2D eigenvalue weighted by atomic mass is 32.2. The number of imidazole rings is 1. The van der Waals surface area contributed by atoms with Crippen LogP contribution in [0.3, 0.4) is 0 Å². The number of sulfone groups is 1. The lowest BCUT2D eigenvalue weighted by molar-refractivity contribution is -0.115. The second-order valence-electron chi connectivity index (χ2n) is 7.11. The van der Waals surface area contributed by atoms with Crippen molar-refractivity contribution in [3.8, 4) is 22.5 Å². The minimum absolute atomic E-state index is 0.0809. The van der Waals surface area contributed by atoms with Gasteiger partial charge in [0.05, 0.1) is 17.8 Å². The zero-order valence-corrected chi connectivity index (χ0v) is 16.6. The van der Waals surface area contributed by atoms with Gasteiger partial charge in [0.15, 0.2) is 20.5 Å². The number of anilines is 1. The number of amides is 1. The number of hydrogen-bond donors (Lipinski definition) is 1. The van der Waals surface area contributed by atoms with Crippen molar-refractivity contribution in [1.82, 2.24) is 14.4 Å². The van der Waals surface area contributed by atoms with Crippen molar-refractivity contribution in [2.24, 2.45) is 0 Å². The van der Waals surface area contributed by atoms with Gasteiger partial charge in [0, 0.05) is 35.5 Å². The molecule has 2 aromatic carbocycles. The largest absolute Gasteiger partial charge is 0.326 e. The molecule has 0 saturated carbocycles. The number of carbonyl (C=O) groups is 1. The molecule has 7 nitrogen and oxygen atoms in total. The molecule has 0 aliphatic carbocycles. The molecule has 1 aliphatic rings. The van der Waals surface area contributed by atoms with Crippen molar-refractivity contribution in [1.29, 1.82) is 0 Å². The van der Waals surface area contributed by atoms with Gasteiger partial charge in [-0.3, -0.25) is 9.20 Å². The Kier molecular flexibility index (Phi) is 3.97. The van der Waals surface area contributed by atoms with Crippen LogP contribution in [0.15, 0.2) is 59.9 Å². The van der Waals surface area contributed by atoms with Crippen molar-refractivity contribution < 1.29 is 17.6 Å². The van der Waals surface area contributed by atoms with Gasteiger partial charge in [0.2, 0.25) is 5.91 Å². The van der Waals surface area contributed by atoms with E-state index in [0.717, 1.165) is 23.1 Å². The number of aromatic nitrogens is 3. The molecule has 9 heteroatoms. The maximum atomic E-state index is 13.5. The summed E-state index contributed by atoms with van der Waals surface area (Å²) >= 11 is 0. The van der Waals surface area contributed by atoms with E-state index in [1.54, 1.807) is 22.7 Å². The summed E-state index contributed by atoms with van der Waals surface area (Å²) in [6.07, 6.45) is 4.38. The number of nitrogens with one attached hydrogen (secondary N) is 1. The predicted molar refractivity (Wildman–Crippen MR) is 109 cm³/mol. The van der Waals surface area contributed by atoms with Crippen molar-refractivity contribution in [2.75, 3.05) is 11.6 Å². The van der Waals surface area contributed by atoms with Crippen LogP contribution in [0, 0.1) is 5.82 Å². The molecule has 30 heavy (non-hydrogen) atoms. The molecule has 0 bridgehead atoms. The average Bonchev–Trinajstić information content (AvgIpc) is 3.26. The molecule has 1 aliphatic heterocycles. The third-order valence-electron chi connectivity index (χ3n) is 4.98. The van der Waals surface area contributed by atoms with Gasteiger partial charge in [0.25, 0.3) is 0 Å². The van der Waals surface area contributed by atoms with Gasteiger partial charge >= 0.3 is 0 Å². The van der Waals surface area contributed by atoms with Crippen LogP contribution in [0.2, 0.25) is 0 Å². The number of nitrogens with zero attached hydrogens (tertiary/aromatic N) is 3. The second-order valence-corrected chi connectivity index (χ2v) is 9.04. The van der Waals surface area contributed by atoms with Gasteiger partial charge in [-0.05, 0) is 42.0 Å². The molecule has 4 aromatic rings. The molecular weight excluding hydrogens is 407 g/mol. The van der Waals surface area contributed by atoms with E-state index in [9.17, 15) is 17.6 Å². The van der Waals surface area contributed by atoms with Gasteiger partial charge < -0.3 is 5.32 Å². The number of rotatable bonds is 3. The Morgan fingerprint density at radius 3 is 2.57 bits per heavy atom. The summed E-state index contributed by atoms with van der Waals surface area (Å²) in [5.41, 5.74) is 4.28. The van der Waals surface area contributed by atoms with E-state index < -0.39 is 9.84 Å².